The number of aliphatic hydroxyl groups is 1. The van der Waals surface area contributed by atoms with Gasteiger partial charge in [-0.2, -0.15) is 0 Å². The van der Waals surface area contributed by atoms with E-state index in [1.54, 1.807) is 7.11 Å². The Kier molecular flexibility index (Phi) is 5.23. The van der Waals surface area contributed by atoms with Gasteiger partial charge in [0.05, 0.1) is 34.9 Å². The first-order valence-corrected chi connectivity index (χ1v) is 11.0. The van der Waals surface area contributed by atoms with Crippen LogP contribution in [0.2, 0.25) is 0 Å². The molecule has 1 N–H and O–H groups in total. The summed E-state index contributed by atoms with van der Waals surface area (Å²) >= 11 is 0. The molecular weight excluding hydrogens is 402 g/mol. The highest BCUT2D eigenvalue weighted by Gasteiger charge is 2.33. The van der Waals surface area contributed by atoms with Crippen LogP contribution in [0.15, 0.2) is 54.9 Å². The zero-order chi connectivity index (χ0) is 22.3. The number of para-hydroxylation sites is 1. The van der Waals surface area contributed by atoms with E-state index < -0.39 is 5.60 Å². The summed E-state index contributed by atoms with van der Waals surface area (Å²) in [5.41, 5.74) is 3.32. The molecule has 0 amide bonds. The van der Waals surface area contributed by atoms with Gasteiger partial charge in [0, 0.05) is 31.1 Å². The molecule has 166 valence electrons. The Morgan fingerprint density at radius 3 is 2.66 bits per heavy atom. The number of rotatable bonds is 5. The standard InChI is InChI=1S/C25H29N5O2/c1-28(2)16-25(31)11-13-29(14-12-25)22-6-4-5-18-7-10-23(27-24(18)22)30-17-26-20-15-19(32-3)8-9-21(20)30/h4-10,15,17,31H,11-14,16H2,1-3H3. The normalized spacial score (nSPS) is 16.2. The molecule has 5 rings (SSSR count). The summed E-state index contributed by atoms with van der Waals surface area (Å²) in [6, 6.07) is 16.3. The Hall–Kier alpha value is -3.16. The zero-order valence-electron chi connectivity index (χ0n) is 18.8. The third-order valence-electron chi connectivity index (χ3n) is 6.33. The molecule has 0 aliphatic carbocycles. The van der Waals surface area contributed by atoms with Crippen LogP contribution in [-0.2, 0) is 0 Å². The second-order valence-electron chi connectivity index (χ2n) is 8.94. The number of hydrogen-bond donors (Lipinski definition) is 1. The predicted molar refractivity (Wildman–Crippen MR) is 128 cm³/mol. The van der Waals surface area contributed by atoms with Gasteiger partial charge in [0.15, 0.2) is 0 Å². The van der Waals surface area contributed by atoms with E-state index in [9.17, 15) is 5.11 Å². The van der Waals surface area contributed by atoms with E-state index in [0.29, 0.717) is 6.54 Å². The first-order chi connectivity index (χ1) is 15.5. The van der Waals surface area contributed by atoms with Crippen molar-refractivity contribution in [2.24, 2.45) is 0 Å². The van der Waals surface area contributed by atoms with Crippen molar-refractivity contribution in [1.82, 2.24) is 19.4 Å². The summed E-state index contributed by atoms with van der Waals surface area (Å²) < 4.78 is 7.33. The molecule has 0 unspecified atom stereocenters. The molecule has 2 aromatic heterocycles. The van der Waals surface area contributed by atoms with E-state index in [4.69, 9.17) is 9.72 Å². The van der Waals surface area contributed by atoms with Gasteiger partial charge in [-0.25, -0.2) is 9.97 Å². The molecular formula is C25H29N5O2. The van der Waals surface area contributed by atoms with Crippen LogP contribution in [0.5, 0.6) is 5.75 Å². The molecule has 3 heterocycles. The Morgan fingerprint density at radius 2 is 1.91 bits per heavy atom. The topological polar surface area (TPSA) is 66.7 Å². The summed E-state index contributed by atoms with van der Waals surface area (Å²) in [5.74, 6) is 1.62. The van der Waals surface area contributed by atoms with Crippen LogP contribution in [0.25, 0.3) is 27.8 Å². The molecule has 7 heteroatoms. The Morgan fingerprint density at radius 1 is 1.09 bits per heavy atom. The van der Waals surface area contributed by atoms with E-state index in [-0.39, 0.29) is 0 Å². The van der Waals surface area contributed by atoms with Gasteiger partial charge < -0.3 is 19.6 Å². The molecule has 1 saturated heterocycles. The molecule has 0 radical (unpaired) electrons. The monoisotopic (exact) mass is 431 g/mol. The van der Waals surface area contributed by atoms with Crippen LogP contribution in [0.1, 0.15) is 12.8 Å². The molecule has 2 aromatic carbocycles. The molecule has 1 aliphatic heterocycles. The maximum Gasteiger partial charge on any atom is 0.139 e. The van der Waals surface area contributed by atoms with E-state index in [0.717, 1.165) is 65.1 Å². The van der Waals surface area contributed by atoms with E-state index >= 15 is 0 Å². The van der Waals surface area contributed by atoms with E-state index in [1.807, 2.05) is 49.3 Å². The minimum atomic E-state index is -0.625. The smallest absolute Gasteiger partial charge is 0.139 e. The lowest BCUT2D eigenvalue weighted by Crippen LogP contribution is -2.49. The lowest BCUT2D eigenvalue weighted by Gasteiger charge is -2.40. The second-order valence-corrected chi connectivity index (χ2v) is 8.94. The number of piperidine rings is 1. The second kappa shape index (κ2) is 8.07. The molecule has 7 nitrogen and oxygen atoms in total. The SMILES string of the molecule is COc1ccc2c(c1)ncn2-c1ccc2cccc(N3CCC(O)(CN(C)C)CC3)c2n1. The minimum Gasteiger partial charge on any atom is -0.497 e. The van der Waals surface area contributed by atoms with Crippen molar-refractivity contribution in [2.75, 3.05) is 45.7 Å². The van der Waals surface area contributed by atoms with E-state index in [2.05, 4.69) is 39.0 Å². The lowest BCUT2D eigenvalue weighted by molar-refractivity contribution is -0.00534. The average molecular weight is 432 g/mol. The Balaban J connectivity index is 1.50. The van der Waals surface area contributed by atoms with Crippen LogP contribution >= 0.6 is 0 Å². The first-order valence-electron chi connectivity index (χ1n) is 11.0. The van der Waals surface area contributed by atoms with Crippen molar-refractivity contribution in [3.63, 3.8) is 0 Å². The van der Waals surface area contributed by atoms with Crippen molar-refractivity contribution < 1.29 is 9.84 Å². The molecule has 0 atom stereocenters. The zero-order valence-corrected chi connectivity index (χ0v) is 18.8. The highest BCUT2D eigenvalue weighted by Crippen LogP contribution is 2.32. The van der Waals surface area contributed by atoms with Crippen molar-refractivity contribution in [1.29, 1.82) is 0 Å². The number of aromatic nitrogens is 3. The van der Waals surface area contributed by atoms with Gasteiger partial charge in [0.1, 0.15) is 17.9 Å². The van der Waals surface area contributed by atoms with Crippen molar-refractivity contribution >= 4 is 27.6 Å². The summed E-state index contributed by atoms with van der Waals surface area (Å²) in [4.78, 5) is 14.0. The number of anilines is 1. The molecule has 0 spiro atoms. The average Bonchev–Trinajstić information content (AvgIpc) is 3.21. The number of fused-ring (bicyclic) bond motifs is 2. The fourth-order valence-electron chi connectivity index (χ4n) is 4.72. The van der Waals surface area contributed by atoms with Crippen molar-refractivity contribution in [3.8, 4) is 11.6 Å². The molecule has 0 saturated carbocycles. The number of benzene rings is 2. The van der Waals surface area contributed by atoms with Gasteiger partial charge in [-0.3, -0.25) is 4.57 Å². The Labute approximate surface area is 187 Å². The highest BCUT2D eigenvalue weighted by atomic mass is 16.5. The van der Waals surface area contributed by atoms with Crippen LogP contribution in [-0.4, -0.2) is 71.0 Å². The Bertz CT molecular complexity index is 1260. The summed E-state index contributed by atoms with van der Waals surface area (Å²) in [6.45, 7) is 2.31. The van der Waals surface area contributed by atoms with Crippen LogP contribution in [0, 0.1) is 0 Å². The number of nitrogens with zero attached hydrogens (tertiary/aromatic N) is 5. The molecule has 32 heavy (non-hydrogen) atoms. The first kappa shape index (κ1) is 20.7. The molecule has 0 bridgehead atoms. The van der Waals surface area contributed by atoms with Crippen LogP contribution in [0.3, 0.4) is 0 Å². The number of likely N-dealkylation sites (N-methyl/N-ethyl adjacent to an activating group) is 1. The maximum absolute atomic E-state index is 10.9. The molecule has 4 aromatic rings. The number of imidazole rings is 1. The van der Waals surface area contributed by atoms with Gasteiger partial charge in [0.2, 0.25) is 0 Å². The molecule has 1 fully saturated rings. The highest BCUT2D eigenvalue weighted by molar-refractivity contribution is 5.92. The quantitative estimate of drug-likeness (QED) is 0.522. The van der Waals surface area contributed by atoms with Crippen molar-refractivity contribution in [2.45, 2.75) is 18.4 Å². The third-order valence-corrected chi connectivity index (χ3v) is 6.33. The number of pyridine rings is 1. The number of ether oxygens (including phenoxy) is 1. The van der Waals surface area contributed by atoms with Gasteiger partial charge in [-0.15, -0.1) is 0 Å². The minimum absolute atomic E-state index is 0.625. The summed E-state index contributed by atoms with van der Waals surface area (Å²) in [6.07, 6.45) is 3.30. The van der Waals surface area contributed by atoms with Crippen molar-refractivity contribution in [3.05, 3.63) is 54.9 Å². The maximum atomic E-state index is 10.9. The summed E-state index contributed by atoms with van der Waals surface area (Å²) in [7, 11) is 5.68. The van der Waals surface area contributed by atoms with Gasteiger partial charge in [-0.05, 0) is 57.3 Å². The summed E-state index contributed by atoms with van der Waals surface area (Å²) in [5, 5.41) is 12.0. The lowest BCUT2D eigenvalue weighted by atomic mass is 9.90. The fraction of sp³-hybridized carbons (Fsp3) is 0.360. The van der Waals surface area contributed by atoms with Crippen LogP contribution in [0.4, 0.5) is 5.69 Å². The third kappa shape index (κ3) is 3.78. The van der Waals surface area contributed by atoms with E-state index in [1.165, 1.54) is 0 Å². The largest absolute Gasteiger partial charge is 0.497 e. The fourth-order valence-corrected chi connectivity index (χ4v) is 4.72. The van der Waals surface area contributed by atoms with Gasteiger partial charge in [0.25, 0.3) is 0 Å². The molecule has 1 aliphatic rings. The number of methoxy groups -OCH3 is 1. The van der Waals surface area contributed by atoms with Crippen LogP contribution < -0.4 is 9.64 Å². The van der Waals surface area contributed by atoms with Gasteiger partial charge in [-0.1, -0.05) is 12.1 Å². The predicted octanol–water partition coefficient (Wildman–Crippen LogP) is 3.48. The van der Waals surface area contributed by atoms with Gasteiger partial charge >= 0.3 is 0 Å². The number of hydrogen-bond acceptors (Lipinski definition) is 6.